The third-order valence-electron chi connectivity index (χ3n) is 1.87. The molecule has 0 aromatic carbocycles. The maximum absolute atomic E-state index is 8.52. The van der Waals surface area contributed by atoms with Gasteiger partial charge >= 0.3 is 59.1 Å². The molecule has 0 saturated heterocycles. The van der Waals surface area contributed by atoms with Gasteiger partial charge in [0, 0.05) is 12.6 Å². The van der Waals surface area contributed by atoms with Crippen molar-refractivity contribution in [1.29, 1.82) is 0 Å². The van der Waals surface area contributed by atoms with Gasteiger partial charge in [0.15, 0.2) is 0 Å². The second kappa shape index (κ2) is 18.7. The summed E-state index contributed by atoms with van der Waals surface area (Å²) in [5.41, 5.74) is 0. The van der Waals surface area contributed by atoms with E-state index >= 15 is 0 Å². The van der Waals surface area contributed by atoms with E-state index in [1.165, 1.54) is 0 Å². The third kappa shape index (κ3) is 18.7. The average molecular weight is 304 g/mol. The van der Waals surface area contributed by atoms with Crippen LogP contribution in [0.2, 0.25) is 0 Å². The largest absolute Gasteiger partial charge is 1.00 e. The van der Waals surface area contributed by atoms with Crippen LogP contribution in [0.15, 0.2) is 51.1 Å². The van der Waals surface area contributed by atoms with Gasteiger partial charge < -0.3 is 24.2 Å². The second-order valence-electron chi connectivity index (χ2n) is 2.97. The Hall–Kier alpha value is 0.710. The Morgan fingerprint density at radius 2 is 1.37 bits per heavy atom. The summed E-state index contributed by atoms with van der Waals surface area (Å²) in [7, 11) is -3.63. The van der Waals surface area contributed by atoms with Crippen LogP contribution in [0.5, 0.6) is 0 Å². The monoisotopic (exact) mass is 304 g/mol. The van der Waals surface area contributed by atoms with Gasteiger partial charge in [0.05, 0.1) is 0 Å². The van der Waals surface area contributed by atoms with E-state index in [9.17, 15) is 0 Å². The molecule has 0 aliphatic carbocycles. The number of nitrogens with zero attached hydrogens (tertiary/aromatic N) is 2. The van der Waals surface area contributed by atoms with Crippen LogP contribution < -0.4 is 68.9 Å². The SMILES string of the molecule is C=CN(C=C)CC(C)N(C=C)C=C.O=[PH]([O-])[O-].[Na+].[Na+]. The molecule has 0 aromatic rings. The van der Waals surface area contributed by atoms with Gasteiger partial charge in [0.2, 0.25) is 0 Å². The van der Waals surface area contributed by atoms with E-state index in [0.717, 1.165) is 6.54 Å². The fourth-order valence-electron chi connectivity index (χ4n) is 1.06. The van der Waals surface area contributed by atoms with E-state index in [1.807, 2.05) is 9.80 Å². The quantitative estimate of drug-likeness (QED) is 0.347. The molecule has 0 aromatic heterocycles. The van der Waals surface area contributed by atoms with Crippen LogP contribution in [-0.2, 0) is 4.57 Å². The summed E-state index contributed by atoms with van der Waals surface area (Å²) in [5, 5.41) is 0. The number of rotatable bonds is 7. The normalized spacial score (nSPS) is 9.47. The van der Waals surface area contributed by atoms with Crippen molar-refractivity contribution >= 4 is 8.25 Å². The molecular formula is C11H19N2Na2O3P. The Labute approximate surface area is 160 Å². The molecule has 5 nitrogen and oxygen atoms in total. The van der Waals surface area contributed by atoms with Crippen molar-refractivity contribution in [2.45, 2.75) is 13.0 Å². The van der Waals surface area contributed by atoms with Crippen molar-refractivity contribution < 1.29 is 73.5 Å². The first-order valence-corrected chi connectivity index (χ1v) is 6.06. The summed E-state index contributed by atoms with van der Waals surface area (Å²) in [6.45, 7) is 17.7. The van der Waals surface area contributed by atoms with Gasteiger partial charge in [-0.2, -0.15) is 0 Å². The summed E-state index contributed by atoms with van der Waals surface area (Å²) in [4.78, 5) is 20.9. The minimum atomic E-state index is -3.63. The molecule has 98 valence electrons. The van der Waals surface area contributed by atoms with E-state index in [-0.39, 0.29) is 59.1 Å². The van der Waals surface area contributed by atoms with E-state index in [4.69, 9.17) is 14.4 Å². The molecule has 19 heavy (non-hydrogen) atoms. The van der Waals surface area contributed by atoms with Crippen molar-refractivity contribution in [2.24, 2.45) is 0 Å². The van der Waals surface area contributed by atoms with Gasteiger partial charge in [-0.1, -0.05) is 34.6 Å². The van der Waals surface area contributed by atoms with Crippen LogP contribution in [-0.4, -0.2) is 22.4 Å². The maximum Gasteiger partial charge on any atom is 1.00 e. The molecule has 0 fully saturated rings. The molecular weight excluding hydrogens is 285 g/mol. The summed E-state index contributed by atoms with van der Waals surface area (Å²) < 4.78 is 8.52. The summed E-state index contributed by atoms with van der Waals surface area (Å²) in [5.74, 6) is 0. The van der Waals surface area contributed by atoms with E-state index in [1.54, 1.807) is 24.8 Å². The van der Waals surface area contributed by atoms with Gasteiger partial charge in [-0.15, -0.1) is 0 Å². The zero-order chi connectivity index (χ0) is 13.8. The van der Waals surface area contributed by atoms with Gasteiger partial charge in [-0.05, 0) is 31.7 Å². The Kier molecular flexibility index (Phi) is 27.5. The van der Waals surface area contributed by atoms with Crippen LogP contribution in [0.25, 0.3) is 0 Å². The first-order chi connectivity index (χ1) is 7.92. The summed E-state index contributed by atoms with van der Waals surface area (Å²) in [6.07, 6.45) is 6.99. The molecule has 0 radical (unpaired) electrons. The molecule has 0 aliphatic heterocycles. The molecule has 0 bridgehead atoms. The zero-order valence-corrected chi connectivity index (χ0v) is 17.0. The van der Waals surface area contributed by atoms with Crippen molar-refractivity contribution in [2.75, 3.05) is 6.54 Å². The van der Waals surface area contributed by atoms with E-state index < -0.39 is 8.25 Å². The Morgan fingerprint density at radius 3 is 1.58 bits per heavy atom. The number of hydrogen-bond acceptors (Lipinski definition) is 5. The van der Waals surface area contributed by atoms with Crippen molar-refractivity contribution in [3.8, 4) is 0 Å². The van der Waals surface area contributed by atoms with Gasteiger partial charge in [-0.3, -0.25) is 0 Å². The van der Waals surface area contributed by atoms with E-state index in [2.05, 4.69) is 33.2 Å². The molecule has 0 spiro atoms. The first-order valence-electron chi connectivity index (χ1n) is 4.84. The second-order valence-corrected chi connectivity index (χ2v) is 3.47. The fourth-order valence-corrected chi connectivity index (χ4v) is 1.06. The smallest absolute Gasteiger partial charge is 0.813 e. The predicted molar refractivity (Wildman–Crippen MR) is 67.8 cm³/mol. The van der Waals surface area contributed by atoms with Gasteiger partial charge in [0.1, 0.15) is 0 Å². The fraction of sp³-hybridized carbons (Fsp3) is 0.273. The Balaban J connectivity index is -0.000000165. The molecule has 0 amide bonds. The zero-order valence-electron chi connectivity index (χ0n) is 12.0. The summed E-state index contributed by atoms with van der Waals surface area (Å²) in [6, 6.07) is 0.311. The topological polar surface area (TPSA) is 69.7 Å². The Morgan fingerprint density at radius 1 is 1.05 bits per heavy atom. The predicted octanol–water partition coefficient (Wildman–Crippen LogP) is -5.34. The molecule has 0 saturated carbocycles. The minimum absolute atomic E-state index is 0. The van der Waals surface area contributed by atoms with Crippen LogP contribution >= 0.6 is 8.25 Å². The molecule has 0 N–H and O–H groups in total. The van der Waals surface area contributed by atoms with Crippen LogP contribution in [0.1, 0.15) is 6.92 Å². The van der Waals surface area contributed by atoms with Crippen molar-refractivity contribution in [1.82, 2.24) is 9.80 Å². The molecule has 0 rings (SSSR count). The van der Waals surface area contributed by atoms with Gasteiger partial charge in [-0.25, -0.2) is 0 Å². The third-order valence-corrected chi connectivity index (χ3v) is 1.87. The molecule has 1 atom stereocenters. The van der Waals surface area contributed by atoms with Crippen molar-refractivity contribution in [3.05, 3.63) is 51.1 Å². The van der Waals surface area contributed by atoms with Crippen LogP contribution in [0.3, 0.4) is 0 Å². The molecule has 8 heteroatoms. The van der Waals surface area contributed by atoms with Crippen LogP contribution in [0.4, 0.5) is 0 Å². The first kappa shape index (κ1) is 28.0. The van der Waals surface area contributed by atoms with Gasteiger partial charge in [0.25, 0.3) is 0 Å². The molecule has 1 unspecified atom stereocenters. The van der Waals surface area contributed by atoms with E-state index in [0.29, 0.717) is 6.04 Å². The summed E-state index contributed by atoms with van der Waals surface area (Å²) >= 11 is 0. The number of hydrogen-bond donors (Lipinski definition) is 0. The molecule has 0 heterocycles. The average Bonchev–Trinajstić information content (AvgIpc) is 2.26. The maximum atomic E-state index is 8.52. The van der Waals surface area contributed by atoms with Crippen LogP contribution in [0, 0.1) is 0 Å². The standard InChI is InChI=1S/C11H18N2.2Na.H3O3P/c1-6-12(7-2)10-11(5)13(8-3)9-4;;;1-4(2)3/h6-9,11H,1-4,10H2,5H3;;;4H,(H2,1,2,3)/q;2*+1;/p-2. The van der Waals surface area contributed by atoms with Crippen molar-refractivity contribution in [3.63, 3.8) is 0 Å². The Bertz CT molecular complexity index is 271. The molecule has 0 aliphatic rings. The minimum Gasteiger partial charge on any atom is -0.813 e.